The maximum atomic E-state index is 11.1. The van der Waals surface area contributed by atoms with Gasteiger partial charge in [-0.25, -0.2) is 8.42 Å². The van der Waals surface area contributed by atoms with Crippen molar-refractivity contribution < 1.29 is 13.5 Å². The van der Waals surface area contributed by atoms with Crippen LogP contribution in [-0.2, 0) is 9.84 Å². The van der Waals surface area contributed by atoms with E-state index in [1.54, 1.807) is 6.07 Å². The smallest absolute Gasteiger partial charge is 0.147 e. The molecule has 1 aromatic heterocycles. The van der Waals surface area contributed by atoms with Gasteiger partial charge < -0.3 is 5.11 Å². The van der Waals surface area contributed by atoms with Crippen LogP contribution in [0.5, 0.6) is 0 Å². The summed E-state index contributed by atoms with van der Waals surface area (Å²) in [5, 5.41) is 11.0. The first-order chi connectivity index (χ1) is 8.85. The van der Waals surface area contributed by atoms with E-state index in [4.69, 9.17) is 0 Å². The van der Waals surface area contributed by atoms with Gasteiger partial charge in [-0.2, -0.15) is 0 Å². The summed E-state index contributed by atoms with van der Waals surface area (Å²) < 4.78 is 22.2. The van der Waals surface area contributed by atoms with Gasteiger partial charge in [0.05, 0.1) is 17.4 Å². The highest BCUT2D eigenvalue weighted by atomic mass is 32.2. The first-order valence-electron chi connectivity index (χ1n) is 6.08. The number of pyridine rings is 1. The zero-order chi connectivity index (χ0) is 14.0. The Bertz CT molecular complexity index is 695. The highest BCUT2D eigenvalue weighted by Crippen LogP contribution is 2.22. The molecule has 19 heavy (non-hydrogen) atoms. The third-order valence-corrected chi connectivity index (χ3v) is 3.98. The monoisotopic (exact) mass is 279 g/mol. The lowest BCUT2D eigenvalue weighted by atomic mass is 10.0. The average molecular weight is 279 g/mol. The summed E-state index contributed by atoms with van der Waals surface area (Å²) in [7, 11) is -3.05. The second kappa shape index (κ2) is 5.27. The van der Waals surface area contributed by atoms with Crippen LogP contribution in [-0.4, -0.2) is 30.5 Å². The molecule has 1 heterocycles. The Balaban J connectivity index is 2.23. The lowest BCUT2D eigenvalue weighted by Crippen LogP contribution is -2.08. The van der Waals surface area contributed by atoms with Crippen LogP contribution in [0, 0.1) is 6.92 Å². The number of fused-ring (bicyclic) bond motifs is 1. The van der Waals surface area contributed by atoms with E-state index in [1.807, 2.05) is 31.2 Å². The van der Waals surface area contributed by atoms with Gasteiger partial charge in [-0.1, -0.05) is 12.1 Å². The lowest BCUT2D eigenvalue weighted by Gasteiger charge is -2.11. The summed E-state index contributed by atoms with van der Waals surface area (Å²) in [6.45, 7) is 1.92. The van der Waals surface area contributed by atoms with Crippen LogP contribution in [0.1, 0.15) is 23.8 Å². The van der Waals surface area contributed by atoms with Gasteiger partial charge in [0.1, 0.15) is 9.84 Å². The lowest BCUT2D eigenvalue weighted by molar-refractivity contribution is 0.174. The Morgan fingerprint density at radius 3 is 2.68 bits per heavy atom. The molecule has 0 fully saturated rings. The quantitative estimate of drug-likeness (QED) is 0.929. The fourth-order valence-electron chi connectivity index (χ4n) is 1.95. The number of aryl methyl sites for hydroxylation is 1. The summed E-state index contributed by atoms with van der Waals surface area (Å²) in [6, 6.07) is 9.36. The van der Waals surface area contributed by atoms with Crippen molar-refractivity contribution in [1.82, 2.24) is 4.98 Å². The second-order valence-electron chi connectivity index (χ2n) is 4.84. The minimum absolute atomic E-state index is 0.0155. The molecule has 0 aliphatic heterocycles. The fraction of sp³-hybridized carbons (Fsp3) is 0.357. The maximum absolute atomic E-state index is 11.1. The van der Waals surface area contributed by atoms with Crippen molar-refractivity contribution in [2.45, 2.75) is 19.4 Å². The Labute approximate surface area is 113 Å². The molecule has 0 amide bonds. The molecule has 1 N–H and O–H groups in total. The molecular weight excluding hydrogens is 262 g/mol. The highest BCUT2D eigenvalue weighted by molar-refractivity contribution is 7.90. The zero-order valence-corrected chi connectivity index (χ0v) is 11.8. The predicted molar refractivity (Wildman–Crippen MR) is 75.8 cm³/mol. The van der Waals surface area contributed by atoms with Gasteiger partial charge in [0, 0.05) is 17.3 Å². The van der Waals surface area contributed by atoms with Crippen molar-refractivity contribution in [2.24, 2.45) is 0 Å². The molecule has 0 aliphatic rings. The molecule has 0 bridgehead atoms. The summed E-state index contributed by atoms with van der Waals surface area (Å²) in [6.07, 6.45) is 0.622. The number of sulfone groups is 1. The molecule has 1 aromatic carbocycles. The molecule has 0 aliphatic carbocycles. The highest BCUT2D eigenvalue weighted by Gasteiger charge is 2.12. The largest absolute Gasteiger partial charge is 0.388 e. The van der Waals surface area contributed by atoms with E-state index < -0.39 is 15.9 Å². The van der Waals surface area contributed by atoms with E-state index in [2.05, 4.69) is 4.98 Å². The summed E-state index contributed by atoms with van der Waals surface area (Å²) >= 11 is 0. The maximum Gasteiger partial charge on any atom is 0.147 e. The molecule has 2 rings (SSSR count). The summed E-state index contributed by atoms with van der Waals surface area (Å²) in [4.78, 5) is 4.38. The Kier molecular flexibility index (Phi) is 3.87. The Morgan fingerprint density at radius 1 is 1.26 bits per heavy atom. The third-order valence-electron chi connectivity index (χ3n) is 3.00. The van der Waals surface area contributed by atoms with Gasteiger partial charge in [0.25, 0.3) is 0 Å². The van der Waals surface area contributed by atoms with Crippen molar-refractivity contribution in [3.8, 4) is 0 Å². The Hall–Kier alpha value is -1.46. The van der Waals surface area contributed by atoms with E-state index >= 15 is 0 Å². The number of aliphatic hydroxyl groups is 1. The van der Waals surface area contributed by atoms with Gasteiger partial charge in [0.2, 0.25) is 0 Å². The van der Waals surface area contributed by atoms with Crippen LogP contribution in [0.4, 0.5) is 0 Å². The summed E-state index contributed by atoms with van der Waals surface area (Å²) in [5.41, 5.74) is 2.54. The van der Waals surface area contributed by atoms with E-state index in [-0.39, 0.29) is 12.2 Å². The van der Waals surface area contributed by atoms with Crippen LogP contribution in [0.3, 0.4) is 0 Å². The number of hydrogen-bond donors (Lipinski definition) is 1. The second-order valence-corrected chi connectivity index (χ2v) is 7.10. The molecule has 5 heteroatoms. The molecule has 102 valence electrons. The molecule has 0 saturated heterocycles. The normalized spacial score (nSPS) is 13.6. The van der Waals surface area contributed by atoms with E-state index in [0.29, 0.717) is 0 Å². The predicted octanol–water partition coefficient (Wildman–Crippen LogP) is 2.01. The van der Waals surface area contributed by atoms with Gasteiger partial charge in [0.15, 0.2) is 0 Å². The molecule has 1 unspecified atom stereocenters. The molecule has 0 saturated carbocycles. The van der Waals surface area contributed by atoms with Crippen molar-refractivity contribution >= 4 is 20.7 Å². The number of benzene rings is 1. The van der Waals surface area contributed by atoms with Crippen molar-refractivity contribution in [2.75, 3.05) is 12.0 Å². The molecule has 1 atom stereocenters. The molecule has 4 nitrogen and oxygen atoms in total. The zero-order valence-electron chi connectivity index (χ0n) is 11.0. The summed E-state index contributed by atoms with van der Waals surface area (Å²) in [5.74, 6) is -0.0155. The number of aliphatic hydroxyl groups excluding tert-OH is 1. The van der Waals surface area contributed by atoms with Crippen LogP contribution >= 0.6 is 0 Å². The van der Waals surface area contributed by atoms with Crippen molar-refractivity contribution in [1.29, 1.82) is 0 Å². The van der Waals surface area contributed by atoms with Gasteiger partial charge >= 0.3 is 0 Å². The van der Waals surface area contributed by atoms with E-state index in [1.165, 1.54) is 6.26 Å². The topological polar surface area (TPSA) is 67.3 Å². The molecule has 2 aromatic rings. The number of rotatable bonds is 4. The van der Waals surface area contributed by atoms with Crippen LogP contribution in [0.15, 0.2) is 30.3 Å². The minimum Gasteiger partial charge on any atom is -0.388 e. The molecular formula is C14H17NO3S. The third kappa shape index (κ3) is 3.75. The number of aromatic nitrogens is 1. The van der Waals surface area contributed by atoms with Crippen LogP contribution < -0.4 is 0 Å². The average Bonchev–Trinajstić information content (AvgIpc) is 2.34. The van der Waals surface area contributed by atoms with E-state index in [0.717, 1.165) is 22.2 Å². The SMILES string of the molecule is Cc1ccc2cc(C(O)CCS(C)(=O)=O)ccc2n1. The molecule has 0 radical (unpaired) electrons. The van der Waals surface area contributed by atoms with Gasteiger partial charge in [-0.15, -0.1) is 0 Å². The van der Waals surface area contributed by atoms with Crippen LogP contribution in [0.2, 0.25) is 0 Å². The van der Waals surface area contributed by atoms with Gasteiger partial charge in [-0.05, 0) is 37.1 Å². The first kappa shape index (κ1) is 14.0. The fourth-order valence-corrected chi connectivity index (χ4v) is 2.60. The van der Waals surface area contributed by atoms with E-state index in [9.17, 15) is 13.5 Å². The minimum atomic E-state index is -3.05. The van der Waals surface area contributed by atoms with Crippen molar-refractivity contribution in [3.63, 3.8) is 0 Å². The number of nitrogens with zero attached hydrogens (tertiary/aromatic N) is 1. The number of hydrogen-bond acceptors (Lipinski definition) is 4. The first-order valence-corrected chi connectivity index (χ1v) is 8.14. The van der Waals surface area contributed by atoms with Crippen LogP contribution in [0.25, 0.3) is 10.9 Å². The Morgan fingerprint density at radius 2 is 2.00 bits per heavy atom. The molecule has 0 spiro atoms. The van der Waals surface area contributed by atoms with Gasteiger partial charge in [-0.3, -0.25) is 4.98 Å². The van der Waals surface area contributed by atoms with Crippen molar-refractivity contribution in [3.05, 3.63) is 41.6 Å². The standard InChI is InChI=1S/C14H17NO3S/c1-10-3-4-11-9-12(5-6-13(11)15-10)14(16)7-8-19(2,17)18/h3-6,9,14,16H,7-8H2,1-2H3.